The van der Waals surface area contributed by atoms with Crippen LogP contribution in [0.4, 0.5) is 4.39 Å². The van der Waals surface area contributed by atoms with Crippen LogP contribution < -0.4 is 5.73 Å². The average Bonchev–Trinajstić information content (AvgIpc) is 2.28. The molecule has 0 saturated carbocycles. The van der Waals surface area contributed by atoms with Crippen molar-refractivity contribution in [3.8, 4) is 11.1 Å². The highest BCUT2D eigenvalue weighted by Crippen LogP contribution is 2.22. The van der Waals surface area contributed by atoms with E-state index in [0.29, 0.717) is 5.56 Å². The highest BCUT2D eigenvalue weighted by Gasteiger charge is 2.04. The summed E-state index contributed by atoms with van der Waals surface area (Å²) in [5.41, 5.74) is 7.99. The van der Waals surface area contributed by atoms with Crippen molar-refractivity contribution < 1.29 is 9.18 Å². The fourth-order valence-corrected chi connectivity index (χ4v) is 1.76. The Labute approximate surface area is 98.9 Å². The number of carbonyl (C=O) groups is 1. The molecule has 0 spiro atoms. The van der Waals surface area contributed by atoms with Crippen LogP contribution in [0.25, 0.3) is 11.1 Å². The second-order valence-corrected chi connectivity index (χ2v) is 3.96. The molecule has 0 unspecified atom stereocenters. The van der Waals surface area contributed by atoms with Crippen LogP contribution in [0.15, 0.2) is 42.5 Å². The van der Waals surface area contributed by atoms with E-state index in [1.54, 1.807) is 18.2 Å². The lowest BCUT2D eigenvalue weighted by Crippen LogP contribution is -2.10. The summed E-state index contributed by atoms with van der Waals surface area (Å²) in [5, 5.41) is 0. The summed E-state index contributed by atoms with van der Waals surface area (Å²) in [7, 11) is 0. The zero-order valence-corrected chi connectivity index (χ0v) is 9.41. The zero-order chi connectivity index (χ0) is 12.4. The highest BCUT2D eigenvalue weighted by molar-refractivity contribution is 5.94. The predicted octanol–water partition coefficient (Wildman–Crippen LogP) is 2.90. The van der Waals surface area contributed by atoms with E-state index in [9.17, 15) is 9.18 Å². The van der Waals surface area contributed by atoms with Crippen LogP contribution in [0.5, 0.6) is 0 Å². The number of primary amides is 1. The van der Waals surface area contributed by atoms with E-state index in [2.05, 4.69) is 0 Å². The first-order valence-corrected chi connectivity index (χ1v) is 5.24. The Bertz CT molecular complexity index is 558. The second kappa shape index (κ2) is 4.37. The van der Waals surface area contributed by atoms with Crippen molar-refractivity contribution in [1.29, 1.82) is 0 Å². The molecule has 0 aliphatic heterocycles. The molecular weight excluding hydrogens is 217 g/mol. The molecule has 3 heteroatoms. The number of nitrogens with two attached hydrogens (primary N) is 1. The van der Waals surface area contributed by atoms with Gasteiger partial charge in [-0.05, 0) is 47.9 Å². The van der Waals surface area contributed by atoms with Crippen molar-refractivity contribution in [3.63, 3.8) is 0 Å². The lowest BCUT2D eigenvalue weighted by Gasteiger charge is -2.05. The van der Waals surface area contributed by atoms with Gasteiger partial charge in [-0.15, -0.1) is 0 Å². The van der Waals surface area contributed by atoms with Gasteiger partial charge in [0.05, 0.1) is 0 Å². The minimum Gasteiger partial charge on any atom is -0.366 e. The molecule has 2 aromatic rings. The van der Waals surface area contributed by atoms with Crippen molar-refractivity contribution in [1.82, 2.24) is 0 Å². The van der Waals surface area contributed by atoms with Gasteiger partial charge in [0.1, 0.15) is 5.82 Å². The number of aryl methyl sites for hydroxylation is 1. The van der Waals surface area contributed by atoms with Gasteiger partial charge in [0.25, 0.3) is 0 Å². The number of halogens is 1. The molecule has 0 atom stereocenters. The Balaban J connectivity index is 2.52. The Morgan fingerprint density at radius 2 is 1.88 bits per heavy atom. The van der Waals surface area contributed by atoms with Crippen LogP contribution in [0.2, 0.25) is 0 Å². The van der Waals surface area contributed by atoms with Gasteiger partial charge in [0.15, 0.2) is 0 Å². The third kappa shape index (κ3) is 2.50. The van der Waals surface area contributed by atoms with E-state index in [1.807, 2.05) is 19.1 Å². The standard InChI is InChI=1S/C14H12FNO/c1-9-5-12(8-13(15)6-9)10-3-2-4-11(7-10)14(16)17/h2-8H,1H3,(H2,16,17). The lowest BCUT2D eigenvalue weighted by molar-refractivity contribution is 0.100. The molecule has 0 aliphatic carbocycles. The van der Waals surface area contributed by atoms with E-state index in [1.165, 1.54) is 12.1 Å². The summed E-state index contributed by atoms with van der Waals surface area (Å²) in [6.45, 7) is 1.82. The van der Waals surface area contributed by atoms with Crippen molar-refractivity contribution in [2.75, 3.05) is 0 Å². The van der Waals surface area contributed by atoms with Gasteiger partial charge in [-0.25, -0.2) is 4.39 Å². The minimum atomic E-state index is -0.486. The summed E-state index contributed by atoms with van der Waals surface area (Å²) in [5.74, 6) is -0.774. The second-order valence-electron chi connectivity index (χ2n) is 3.96. The van der Waals surface area contributed by atoms with Crippen LogP contribution >= 0.6 is 0 Å². The van der Waals surface area contributed by atoms with Gasteiger partial charge in [-0.1, -0.05) is 18.2 Å². The summed E-state index contributed by atoms with van der Waals surface area (Å²) >= 11 is 0. The molecule has 0 aliphatic rings. The van der Waals surface area contributed by atoms with Gasteiger partial charge in [-0.3, -0.25) is 4.79 Å². The van der Waals surface area contributed by atoms with E-state index in [-0.39, 0.29) is 5.82 Å². The first-order valence-electron chi connectivity index (χ1n) is 5.24. The molecule has 0 radical (unpaired) electrons. The van der Waals surface area contributed by atoms with E-state index in [4.69, 9.17) is 5.73 Å². The number of hydrogen-bond donors (Lipinski definition) is 1. The molecular formula is C14H12FNO. The molecule has 2 nitrogen and oxygen atoms in total. The van der Waals surface area contributed by atoms with Crippen molar-refractivity contribution in [2.24, 2.45) is 5.73 Å². The van der Waals surface area contributed by atoms with E-state index in [0.717, 1.165) is 16.7 Å². The average molecular weight is 229 g/mol. The van der Waals surface area contributed by atoms with Crippen molar-refractivity contribution in [3.05, 3.63) is 59.4 Å². The van der Waals surface area contributed by atoms with Crippen LogP contribution in [-0.2, 0) is 0 Å². The van der Waals surface area contributed by atoms with Crippen LogP contribution in [0, 0.1) is 12.7 Å². The summed E-state index contributed by atoms with van der Waals surface area (Å²) in [6, 6.07) is 11.6. The fraction of sp³-hybridized carbons (Fsp3) is 0.0714. The largest absolute Gasteiger partial charge is 0.366 e. The molecule has 1 amide bonds. The Morgan fingerprint density at radius 1 is 1.12 bits per heavy atom. The molecule has 2 N–H and O–H groups in total. The maximum absolute atomic E-state index is 13.3. The Morgan fingerprint density at radius 3 is 2.53 bits per heavy atom. The SMILES string of the molecule is Cc1cc(F)cc(-c2cccc(C(N)=O)c2)c1. The third-order valence-electron chi connectivity index (χ3n) is 2.52. The third-order valence-corrected chi connectivity index (χ3v) is 2.52. The first-order chi connectivity index (χ1) is 8.06. The minimum absolute atomic E-state index is 0.288. The molecule has 0 bridgehead atoms. The number of hydrogen-bond acceptors (Lipinski definition) is 1. The summed E-state index contributed by atoms with van der Waals surface area (Å²) in [6.07, 6.45) is 0. The molecule has 2 aromatic carbocycles. The number of amides is 1. The molecule has 2 rings (SSSR count). The predicted molar refractivity (Wildman–Crippen MR) is 65.1 cm³/mol. The van der Waals surface area contributed by atoms with Crippen LogP contribution in [0.1, 0.15) is 15.9 Å². The van der Waals surface area contributed by atoms with Crippen LogP contribution in [0.3, 0.4) is 0 Å². The van der Waals surface area contributed by atoms with Crippen LogP contribution in [-0.4, -0.2) is 5.91 Å². The molecule has 0 aromatic heterocycles. The molecule has 86 valence electrons. The zero-order valence-electron chi connectivity index (χ0n) is 9.41. The number of rotatable bonds is 2. The topological polar surface area (TPSA) is 43.1 Å². The van der Waals surface area contributed by atoms with Gasteiger partial charge in [0.2, 0.25) is 5.91 Å². The van der Waals surface area contributed by atoms with Gasteiger partial charge < -0.3 is 5.73 Å². The fourth-order valence-electron chi connectivity index (χ4n) is 1.76. The quantitative estimate of drug-likeness (QED) is 0.845. The number of carbonyl (C=O) groups excluding carboxylic acids is 1. The van der Waals surface area contributed by atoms with Gasteiger partial charge in [0, 0.05) is 5.56 Å². The maximum Gasteiger partial charge on any atom is 0.248 e. The molecule has 17 heavy (non-hydrogen) atoms. The monoisotopic (exact) mass is 229 g/mol. The molecule has 0 fully saturated rings. The highest BCUT2D eigenvalue weighted by atomic mass is 19.1. The van der Waals surface area contributed by atoms with Gasteiger partial charge >= 0.3 is 0 Å². The maximum atomic E-state index is 13.3. The number of benzene rings is 2. The van der Waals surface area contributed by atoms with Crippen molar-refractivity contribution >= 4 is 5.91 Å². The Hall–Kier alpha value is -2.16. The van der Waals surface area contributed by atoms with Crippen molar-refractivity contribution in [2.45, 2.75) is 6.92 Å². The normalized spacial score (nSPS) is 10.2. The smallest absolute Gasteiger partial charge is 0.248 e. The lowest BCUT2D eigenvalue weighted by atomic mass is 10.0. The molecule has 0 saturated heterocycles. The Kier molecular flexibility index (Phi) is 2.91. The summed E-state index contributed by atoms with van der Waals surface area (Å²) < 4.78 is 13.3. The summed E-state index contributed by atoms with van der Waals surface area (Å²) in [4.78, 5) is 11.1. The van der Waals surface area contributed by atoms with E-state index >= 15 is 0 Å². The first kappa shape index (κ1) is 11.3. The molecule has 0 heterocycles. The van der Waals surface area contributed by atoms with Gasteiger partial charge in [-0.2, -0.15) is 0 Å². The van der Waals surface area contributed by atoms with E-state index < -0.39 is 5.91 Å².